The van der Waals surface area contributed by atoms with Crippen molar-refractivity contribution in [1.29, 1.82) is 0 Å². The number of hydrogen-bond acceptors (Lipinski definition) is 5. The first-order valence-electron chi connectivity index (χ1n) is 6.97. The van der Waals surface area contributed by atoms with Crippen LogP contribution in [0.1, 0.15) is 49.1 Å². The normalized spacial score (nSPS) is 12.7. The zero-order valence-electron chi connectivity index (χ0n) is 13.1. The van der Waals surface area contributed by atoms with Crippen molar-refractivity contribution < 1.29 is 4.79 Å². The highest BCUT2D eigenvalue weighted by Gasteiger charge is 2.23. The molecule has 0 aliphatic rings. The molecule has 1 amide bonds. The zero-order valence-corrected chi connectivity index (χ0v) is 13.9. The molecule has 0 saturated heterocycles. The van der Waals surface area contributed by atoms with Crippen LogP contribution in [0.25, 0.3) is 0 Å². The number of nitrogens with zero attached hydrogens (tertiary/aromatic N) is 5. The van der Waals surface area contributed by atoms with Gasteiger partial charge in [0.15, 0.2) is 0 Å². The summed E-state index contributed by atoms with van der Waals surface area (Å²) in [5.41, 5.74) is 0.887. The topological polar surface area (TPSA) is 63.9 Å². The molecule has 0 aromatic carbocycles. The Balaban J connectivity index is 2.11. The maximum Gasteiger partial charge on any atom is 0.245 e. The summed E-state index contributed by atoms with van der Waals surface area (Å²) >= 11 is 1.34. The summed E-state index contributed by atoms with van der Waals surface area (Å²) in [7, 11) is 1.81. The van der Waals surface area contributed by atoms with Gasteiger partial charge in [-0.05, 0) is 25.4 Å². The van der Waals surface area contributed by atoms with Crippen molar-refractivity contribution in [3.8, 4) is 0 Å². The van der Waals surface area contributed by atoms with Gasteiger partial charge in [0.05, 0.1) is 17.1 Å². The van der Waals surface area contributed by atoms with Crippen LogP contribution in [0.5, 0.6) is 0 Å². The molecular weight excluding hydrogens is 286 g/mol. The summed E-state index contributed by atoms with van der Waals surface area (Å²) in [4.78, 5) is 19.7. The number of aromatic nitrogens is 4. The molecule has 0 aliphatic heterocycles. The van der Waals surface area contributed by atoms with Crippen LogP contribution < -0.4 is 0 Å². The minimum atomic E-state index is -0.268. The van der Waals surface area contributed by atoms with Gasteiger partial charge in [0.1, 0.15) is 11.9 Å². The van der Waals surface area contributed by atoms with Crippen molar-refractivity contribution >= 4 is 17.4 Å². The lowest BCUT2D eigenvalue weighted by molar-refractivity contribution is -0.133. The monoisotopic (exact) mass is 307 g/mol. The molecule has 7 heteroatoms. The molecule has 0 fully saturated rings. The maximum atomic E-state index is 12.6. The van der Waals surface area contributed by atoms with Crippen molar-refractivity contribution in [2.75, 3.05) is 7.05 Å². The summed E-state index contributed by atoms with van der Waals surface area (Å²) in [6, 6.07) is -0.268. The fourth-order valence-corrected chi connectivity index (χ4v) is 2.91. The molecule has 21 heavy (non-hydrogen) atoms. The van der Waals surface area contributed by atoms with Gasteiger partial charge in [-0.15, -0.1) is 5.10 Å². The first-order chi connectivity index (χ1) is 9.91. The SMILES string of the molecule is Cc1nnsc1CN(C)C(=O)C(C)n1ccnc1C(C)C. The quantitative estimate of drug-likeness (QED) is 0.851. The molecule has 0 radical (unpaired) electrons. The molecule has 1 unspecified atom stereocenters. The molecule has 0 spiro atoms. The Hall–Kier alpha value is -1.76. The van der Waals surface area contributed by atoms with Crippen LogP contribution in [0.2, 0.25) is 0 Å². The third-order valence-corrected chi connectivity index (χ3v) is 4.30. The molecular formula is C14H21N5OS. The third kappa shape index (κ3) is 3.29. The molecule has 2 rings (SSSR count). The predicted octanol–water partition coefficient (Wildman–Crippen LogP) is 2.39. The van der Waals surface area contributed by atoms with E-state index in [9.17, 15) is 4.79 Å². The fraction of sp³-hybridized carbons (Fsp3) is 0.571. The van der Waals surface area contributed by atoms with E-state index in [-0.39, 0.29) is 17.9 Å². The van der Waals surface area contributed by atoms with Crippen molar-refractivity contribution in [2.45, 2.75) is 46.2 Å². The lowest BCUT2D eigenvalue weighted by Crippen LogP contribution is -2.33. The number of amides is 1. The van der Waals surface area contributed by atoms with Crippen LogP contribution in [-0.4, -0.2) is 37.0 Å². The van der Waals surface area contributed by atoms with Gasteiger partial charge in [-0.1, -0.05) is 18.3 Å². The lowest BCUT2D eigenvalue weighted by atomic mass is 10.2. The van der Waals surface area contributed by atoms with Gasteiger partial charge in [0.2, 0.25) is 5.91 Å². The Morgan fingerprint density at radius 3 is 2.71 bits per heavy atom. The summed E-state index contributed by atoms with van der Waals surface area (Å²) in [6.07, 6.45) is 3.61. The van der Waals surface area contributed by atoms with E-state index in [0.717, 1.165) is 16.4 Å². The molecule has 2 aromatic rings. The molecule has 2 heterocycles. The number of rotatable bonds is 5. The fourth-order valence-electron chi connectivity index (χ4n) is 2.23. The van der Waals surface area contributed by atoms with E-state index in [0.29, 0.717) is 6.54 Å². The van der Waals surface area contributed by atoms with Crippen LogP contribution in [0, 0.1) is 6.92 Å². The van der Waals surface area contributed by atoms with E-state index in [4.69, 9.17) is 0 Å². The van der Waals surface area contributed by atoms with Gasteiger partial charge in [0.25, 0.3) is 0 Å². The second kappa shape index (κ2) is 6.34. The molecule has 0 aliphatic carbocycles. The van der Waals surface area contributed by atoms with E-state index in [2.05, 4.69) is 28.4 Å². The molecule has 0 bridgehead atoms. The van der Waals surface area contributed by atoms with Crippen molar-refractivity contribution in [3.05, 3.63) is 28.8 Å². The number of carbonyl (C=O) groups excluding carboxylic acids is 1. The molecule has 2 aromatic heterocycles. The second-order valence-electron chi connectivity index (χ2n) is 5.50. The number of imidazole rings is 1. The summed E-state index contributed by atoms with van der Waals surface area (Å²) in [6.45, 7) is 8.51. The van der Waals surface area contributed by atoms with E-state index in [1.54, 1.807) is 11.1 Å². The smallest absolute Gasteiger partial charge is 0.245 e. The van der Waals surface area contributed by atoms with Crippen LogP contribution in [0.4, 0.5) is 0 Å². The molecule has 0 saturated carbocycles. The molecule has 114 valence electrons. The largest absolute Gasteiger partial charge is 0.339 e. The lowest BCUT2D eigenvalue weighted by Gasteiger charge is -2.23. The molecule has 6 nitrogen and oxygen atoms in total. The van der Waals surface area contributed by atoms with E-state index >= 15 is 0 Å². The number of aryl methyl sites for hydroxylation is 1. The summed E-state index contributed by atoms with van der Waals surface area (Å²) in [5.74, 6) is 1.27. The predicted molar refractivity (Wildman–Crippen MR) is 82.1 cm³/mol. The van der Waals surface area contributed by atoms with Gasteiger partial charge >= 0.3 is 0 Å². The number of hydrogen-bond donors (Lipinski definition) is 0. The Morgan fingerprint density at radius 1 is 1.43 bits per heavy atom. The summed E-state index contributed by atoms with van der Waals surface area (Å²) < 4.78 is 5.85. The van der Waals surface area contributed by atoms with Crippen LogP contribution in [-0.2, 0) is 11.3 Å². The highest BCUT2D eigenvalue weighted by molar-refractivity contribution is 7.05. The average Bonchev–Trinajstić information content (AvgIpc) is 3.06. The highest BCUT2D eigenvalue weighted by Crippen LogP contribution is 2.20. The number of carbonyl (C=O) groups is 1. The van der Waals surface area contributed by atoms with Gasteiger partial charge < -0.3 is 9.47 Å². The molecule has 1 atom stereocenters. The van der Waals surface area contributed by atoms with Crippen LogP contribution in [0.3, 0.4) is 0 Å². The minimum absolute atomic E-state index is 0.0581. The standard InChI is InChI=1S/C14H21N5OS/c1-9(2)13-15-6-7-19(13)11(4)14(20)18(5)8-12-10(3)16-17-21-12/h6-7,9,11H,8H2,1-5H3. The third-order valence-electron chi connectivity index (χ3n) is 3.49. The first-order valence-corrected chi connectivity index (χ1v) is 7.74. The van der Waals surface area contributed by atoms with Crippen LogP contribution in [0.15, 0.2) is 12.4 Å². The van der Waals surface area contributed by atoms with Crippen LogP contribution >= 0.6 is 11.5 Å². The Morgan fingerprint density at radius 2 is 2.14 bits per heavy atom. The van der Waals surface area contributed by atoms with Crippen molar-refractivity contribution in [1.82, 2.24) is 24.0 Å². The number of likely N-dealkylation sites (N-methyl/N-ethyl adjacent to an activating group) is 1. The van der Waals surface area contributed by atoms with Gasteiger partial charge in [-0.25, -0.2) is 4.98 Å². The van der Waals surface area contributed by atoms with Crippen molar-refractivity contribution in [2.24, 2.45) is 0 Å². The Labute approximate surface area is 129 Å². The molecule has 0 N–H and O–H groups in total. The first kappa shape index (κ1) is 15.6. The summed E-state index contributed by atoms with van der Waals surface area (Å²) in [5, 5.41) is 3.98. The zero-order chi connectivity index (χ0) is 15.6. The van der Waals surface area contributed by atoms with Gasteiger partial charge in [-0.3, -0.25) is 4.79 Å². The van der Waals surface area contributed by atoms with E-state index in [1.807, 2.05) is 31.7 Å². The highest BCUT2D eigenvalue weighted by atomic mass is 32.1. The van der Waals surface area contributed by atoms with Gasteiger partial charge in [0, 0.05) is 25.4 Å². The van der Waals surface area contributed by atoms with Gasteiger partial charge in [-0.2, -0.15) is 0 Å². The van der Waals surface area contributed by atoms with Crippen molar-refractivity contribution in [3.63, 3.8) is 0 Å². The van der Waals surface area contributed by atoms with E-state index in [1.165, 1.54) is 11.5 Å². The average molecular weight is 307 g/mol. The second-order valence-corrected chi connectivity index (χ2v) is 6.34. The Kier molecular flexibility index (Phi) is 4.72. The Bertz CT molecular complexity index is 618. The van der Waals surface area contributed by atoms with E-state index < -0.39 is 0 Å². The minimum Gasteiger partial charge on any atom is -0.339 e. The maximum absolute atomic E-state index is 12.6.